The zero-order chi connectivity index (χ0) is 15.4. The summed E-state index contributed by atoms with van der Waals surface area (Å²) in [5.74, 6) is -0.176. The summed E-state index contributed by atoms with van der Waals surface area (Å²) in [5, 5.41) is 11.0. The number of benzene rings is 2. The molecular formula is C18H14O3S. The van der Waals surface area contributed by atoms with Crippen LogP contribution in [0.15, 0.2) is 66.0 Å². The van der Waals surface area contributed by atoms with Crippen molar-refractivity contribution in [3.8, 4) is 16.9 Å². The SMILES string of the molecule is O=C(O)c1sccc1-c1cccc(OCc2ccccc2)c1. The zero-order valence-corrected chi connectivity index (χ0v) is 12.5. The van der Waals surface area contributed by atoms with Crippen molar-refractivity contribution < 1.29 is 14.6 Å². The van der Waals surface area contributed by atoms with Crippen molar-refractivity contribution in [2.45, 2.75) is 6.61 Å². The summed E-state index contributed by atoms with van der Waals surface area (Å²) < 4.78 is 5.79. The Balaban J connectivity index is 1.81. The molecule has 0 saturated carbocycles. The number of rotatable bonds is 5. The molecule has 2 aromatic carbocycles. The maximum absolute atomic E-state index is 11.2. The number of ether oxygens (including phenoxy) is 1. The molecule has 0 aliphatic rings. The van der Waals surface area contributed by atoms with E-state index in [1.165, 1.54) is 11.3 Å². The fourth-order valence-electron chi connectivity index (χ4n) is 2.20. The summed E-state index contributed by atoms with van der Waals surface area (Å²) in [4.78, 5) is 11.6. The summed E-state index contributed by atoms with van der Waals surface area (Å²) in [5.41, 5.74) is 2.67. The minimum absolute atomic E-state index is 0.347. The Kier molecular flexibility index (Phi) is 4.21. The number of thiophene rings is 1. The van der Waals surface area contributed by atoms with Crippen LogP contribution in [0.1, 0.15) is 15.2 Å². The summed E-state index contributed by atoms with van der Waals surface area (Å²) in [6, 6.07) is 19.3. The minimum atomic E-state index is -0.902. The second kappa shape index (κ2) is 6.45. The lowest BCUT2D eigenvalue weighted by Crippen LogP contribution is -1.96. The zero-order valence-electron chi connectivity index (χ0n) is 11.7. The molecule has 4 heteroatoms. The highest BCUT2D eigenvalue weighted by atomic mass is 32.1. The Morgan fingerprint density at radius 1 is 1.05 bits per heavy atom. The molecule has 0 aliphatic heterocycles. The van der Waals surface area contributed by atoms with E-state index in [0.717, 1.165) is 22.4 Å². The van der Waals surface area contributed by atoms with Gasteiger partial charge in [0.1, 0.15) is 17.2 Å². The Morgan fingerprint density at radius 2 is 1.86 bits per heavy atom. The molecule has 0 unspecified atom stereocenters. The first kappa shape index (κ1) is 14.4. The van der Waals surface area contributed by atoms with Crippen LogP contribution in [0.2, 0.25) is 0 Å². The van der Waals surface area contributed by atoms with E-state index in [0.29, 0.717) is 11.5 Å². The van der Waals surface area contributed by atoms with Crippen LogP contribution < -0.4 is 4.74 Å². The monoisotopic (exact) mass is 310 g/mol. The molecule has 0 radical (unpaired) electrons. The molecular weight excluding hydrogens is 296 g/mol. The molecule has 0 amide bonds. The van der Waals surface area contributed by atoms with Crippen LogP contribution in [0.4, 0.5) is 0 Å². The standard InChI is InChI=1S/C18H14O3S/c19-18(20)17-16(9-10-22-17)14-7-4-8-15(11-14)21-12-13-5-2-1-3-6-13/h1-11H,12H2,(H,19,20). The molecule has 0 spiro atoms. The van der Waals surface area contributed by atoms with Gasteiger partial charge >= 0.3 is 5.97 Å². The van der Waals surface area contributed by atoms with Crippen LogP contribution in [0, 0.1) is 0 Å². The van der Waals surface area contributed by atoms with Crippen molar-refractivity contribution in [1.82, 2.24) is 0 Å². The molecule has 0 saturated heterocycles. The summed E-state index contributed by atoms with van der Waals surface area (Å²) >= 11 is 1.23. The summed E-state index contributed by atoms with van der Waals surface area (Å²) in [7, 11) is 0. The molecule has 1 N–H and O–H groups in total. The van der Waals surface area contributed by atoms with Gasteiger partial charge in [0.2, 0.25) is 0 Å². The molecule has 0 atom stereocenters. The first-order valence-electron chi connectivity index (χ1n) is 6.82. The number of hydrogen-bond acceptors (Lipinski definition) is 3. The van der Waals surface area contributed by atoms with E-state index < -0.39 is 5.97 Å². The third kappa shape index (κ3) is 3.18. The van der Waals surface area contributed by atoms with Gasteiger partial charge in [0.25, 0.3) is 0 Å². The van der Waals surface area contributed by atoms with Crippen LogP contribution in [-0.4, -0.2) is 11.1 Å². The Bertz CT molecular complexity index is 778. The fourth-order valence-corrected chi connectivity index (χ4v) is 2.95. The van der Waals surface area contributed by atoms with E-state index in [9.17, 15) is 9.90 Å². The third-order valence-corrected chi connectivity index (χ3v) is 4.16. The van der Waals surface area contributed by atoms with E-state index in [2.05, 4.69) is 0 Å². The highest BCUT2D eigenvalue weighted by Gasteiger charge is 2.13. The smallest absolute Gasteiger partial charge is 0.346 e. The van der Waals surface area contributed by atoms with Crippen molar-refractivity contribution in [1.29, 1.82) is 0 Å². The highest BCUT2D eigenvalue weighted by molar-refractivity contribution is 7.12. The minimum Gasteiger partial charge on any atom is -0.489 e. The van der Waals surface area contributed by atoms with Gasteiger partial charge in [-0.25, -0.2) is 4.79 Å². The van der Waals surface area contributed by atoms with Gasteiger partial charge in [0.05, 0.1) is 0 Å². The third-order valence-electron chi connectivity index (χ3n) is 3.25. The van der Waals surface area contributed by atoms with Crippen molar-refractivity contribution >= 4 is 17.3 Å². The van der Waals surface area contributed by atoms with Crippen molar-refractivity contribution in [3.05, 3.63) is 76.5 Å². The lowest BCUT2D eigenvalue weighted by atomic mass is 10.1. The fraction of sp³-hybridized carbons (Fsp3) is 0.0556. The number of carboxylic acid groups (broad SMARTS) is 1. The van der Waals surface area contributed by atoms with Gasteiger partial charge in [0, 0.05) is 5.56 Å². The van der Waals surface area contributed by atoms with Crippen molar-refractivity contribution in [2.75, 3.05) is 0 Å². The normalized spacial score (nSPS) is 10.4. The molecule has 0 bridgehead atoms. The maximum Gasteiger partial charge on any atom is 0.346 e. The number of carbonyl (C=O) groups is 1. The van der Waals surface area contributed by atoms with Crippen LogP contribution >= 0.6 is 11.3 Å². The van der Waals surface area contributed by atoms with Crippen LogP contribution in [0.3, 0.4) is 0 Å². The average Bonchev–Trinajstić information content (AvgIpc) is 3.04. The van der Waals surface area contributed by atoms with Gasteiger partial charge in [-0.1, -0.05) is 42.5 Å². The molecule has 1 aromatic heterocycles. The number of carboxylic acids is 1. The Morgan fingerprint density at radius 3 is 2.64 bits per heavy atom. The van der Waals surface area contributed by atoms with Gasteiger partial charge in [-0.3, -0.25) is 0 Å². The second-order valence-corrected chi connectivity index (χ2v) is 5.69. The van der Waals surface area contributed by atoms with Crippen LogP contribution in [0.25, 0.3) is 11.1 Å². The van der Waals surface area contributed by atoms with E-state index in [1.807, 2.05) is 60.7 Å². The average molecular weight is 310 g/mol. The molecule has 3 nitrogen and oxygen atoms in total. The topological polar surface area (TPSA) is 46.5 Å². The van der Waals surface area contributed by atoms with E-state index in [1.54, 1.807) is 5.38 Å². The maximum atomic E-state index is 11.2. The van der Waals surface area contributed by atoms with Gasteiger partial charge in [-0.05, 0) is 34.7 Å². The van der Waals surface area contributed by atoms with E-state index in [4.69, 9.17) is 4.74 Å². The van der Waals surface area contributed by atoms with Crippen molar-refractivity contribution in [2.24, 2.45) is 0 Å². The molecule has 22 heavy (non-hydrogen) atoms. The molecule has 0 fully saturated rings. The van der Waals surface area contributed by atoms with E-state index >= 15 is 0 Å². The predicted molar refractivity (Wildman–Crippen MR) is 87.5 cm³/mol. The second-order valence-electron chi connectivity index (χ2n) is 4.77. The largest absolute Gasteiger partial charge is 0.489 e. The molecule has 3 aromatic rings. The van der Waals surface area contributed by atoms with Crippen LogP contribution in [-0.2, 0) is 6.61 Å². The summed E-state index contributed by atoms with van der Waals surface area (Å²) in [6.07, 6.45) is 0. The van der Waals surface area contributed by atoms with Crippen LogP contribution in [0.5, 0.6) is 5.75 Å². The van der Waals surface area contributed by atoms with Gasteiger partial charge < -0.3 is 9.84 Å². The predicted octanol–water partition coefficient (Wildman–Crippen LogP) is 4.69. The molecule has 3 rings (SSSR count). The molecule has 1 heterocycles. The lowest BCUT2D eigenvalue weighted by Gasteiger charge is -2.08. The first-order chi connectivity index (χ1) is 10.7. The van der Waals surface area contributed by atoms with E-state index in [-0.39, 0.29) is 0 Å². The highest BCUT2D eigenvalue weighted by Crippen LogP contribution is 2.30. The quantitative estimate of drug-likeness (QED) is 0.743. The first-order valence-corrected chi connectivity index (χ1v) is 7.70. The summed E-state index contributed by atoms with van der Waals surface area (Å²) in [6.45, 7) is 0.486. The van der Waals surface area contributed by atoms with Crippen molar-refractivity contribution in [3.63, 3.8) is 0 Å². The Labute approximate surface area is 132 Å². The number of aromatic carboxylic acids is 1. The van der Waals surface area contributed by atoms with Gasteiger partial charge in [0.15, 0.2) is 0 Å². The lowest BCUT2D eigenvalue weighted by molar-refractivity contribution is 0.0703. The van der Waals surface area contributed by atoms with Gasteiger partial charge in [-0.15, -0.1) is 11.3 Å². The molecule has 110 valence electrons. The van der Waals surface area contributed by atoms with Gasteiger partial charge in [-0.2, -0.15) is 0 Å². The molecule has 0 aliphatic carbocycles. The Hall–Kier alpha value is -2.59. The number of hydrogen-bond donors (Lipinski definition) is 1.